The first-order valence-electron chi connectivity index (χ1n) is 13.4. The van der Waals surface area contributed by atoms with E-state index in [1.54, 1.807) is 19.0 Å². The molecule has 2 bridgehead atoms. The van der Waals surface area contributed by atoms with Crippen LogP contribution in [-0.2, 0) is 4.74 Å². The second-order valence-electron chi connectivity index (χ2n) is 12.7. The van der Waals surface area contributed by atoms with Crippen LogP contribution in [0.3, 0.4) is 0 Å². The van der Waals surface area contributed by atoms with Crippen molar-refractivity contribution in [2.75, 3.05) is 19.8 Å². The second-order valence-corrected chi connectivity index (χ2v) is 12.7. The van der Waals surface area contributed by atoms with Gasteiger partial charge in [0, 0.05) is 18.4 Å². The molecule has 0 amide bonds. The van der Waals surface area contributed by atoms with Gasteiger partial charge in [-0.15, -0.1) is 0 Å². The quantitative estimate of drug-likeness (QED) is 0.559. The zero-order valence-corrected chi connectivity index (χ0v) is 21.5. The van der Waals surface area contributed by atoms with Crippen molar-refractivity contribution < 1.29 is 28.1 Å². The van der Waals surface area contributed by atoms with Crippen molar-refractivity contribution in [1.82, 2.24) is 9.88 Å². The molecule has 7 rings (SSSR count). The van der Waals surface area contributed by atoms with Gasteiger partial charge < -0.3 is 30.0 Å². The van der Waals surface area contributed by atoms with Crippen LogP contribution in [0.4, 0.5) is 14.8 Å². The Balaban J connectivity index is 1.29. The number of aliphatic hydroxyl groups excluding tert-OH is 2. The van der Waals surface area contributed by atoms with Crippen molar-refractivity contribution >= 4 is 22.7 Å². The molecule has 4 N–H and O–H groups in total. The van der Waals surface area contributed by atoms with Gasteiger partial charge in [0.1, 0.15) is 28.5 Å². The number of aliphatic hydroxyl groups is 2. The Labute approximate surface area is 214 Å². The zero-order valence-electron chi connectivity index (χ0n) is 21.5. The maximum Gasteiger partial charge on any atom is 0.292 e. The van der Waals surface area contributed by atoms with E-state index in [9.17, 15) is 10.2 Å². The number of hydrogen-bond donors (Lipinski definition) is 3. The number of ether oxygens (including phenoxy) is 1. The maximum absolute atomic E-state index is 17.2. The summed E-state index contributed by atoms with van der Waals surface area (Å²) in [7, 11) is 3.61. The van der Waals surface area contributed by atoms with Gasteiger partial charge in [0.25, 0.3) is 6.01 Å². The Morgan fingerprint density at radius 1 is 1.14 bits per heavy atom. The van der Waals surface area contributed by atoms with E-state index in [1.807, 2.05) is 18.2 Å². The van der Waals surface area contributed by atoms with Gasteiger partial charge in [-0.2, -0.15) is 4.98 Å². The number of oxazole rings is 1. The molecule has 9 heteroatoms. The topological polar surface area (TPSA) is 105 Å². The molecular weight excluding hydrogens is 480 g/mol. The van der Waals surface area contributed by atoms with E-state index in [0.29, 0.717) is 36.8 Å². The van der Waals surface area contributed by atoms with Gasteiger partial charge in [0.05, 0.1) is 6.10 Å². The molecule has 3 unspecified atom stereocenters. The zero-order chi connectivity index (χ0) is 26.2. The van der Waals surface area contributed by atoms with Gasteiger partial charge in [-0.05, 0) is 81.3 Å². The molecule has 9 atom stereocenters. The molecule has 1 aromatic carbocycles. The summed E-state index contributed by atoms with van der Waals surface area (Å²) in [4.78, 5) is 6.09. The lowest BCUT2D eigenvalue weighted by molar-refractivity contribution is -0.347. The Hall–Kier alpha value is -2.07. The standard InChI is InChI=1S/C28H35F2N3O4/c1-24-8-9-25(29)14-27(30)22(35)21(34)18(33(2)3)13-26(27)10-11-28(25,37-26)20(24)7-5-16(24)15-4-6-19-17(12-15)32-23(31)36-19/h4-6,12,18,20-22,34-35H,7-11,13-14H2,1-3H3,(H2,31,32)/t18-,20?,21+,22-,24+,25?,26+,27?,28-/m0/s1. The minimum absolute atomic E-state index is 0.118. The van der Waals surface area contributed by atoms with E-state index in [-0.39, 0.29) is 30.2 Å². The van der Waals surface area contributed by atoms with Gasteiger partial charge in [-0.1, -0.05) is 19.1 Å². The van der Waals surface area contributed by atoms with E-state index in [1.165, 1.54) is 0 Å². The fourth-order valence-electron chi connectivity index (χ4n) is 9.09. The highest BCUT2D eigenvalue weighted by molar-refractivity contribution is 5.82. The number of hydrogen-bond acceptors (Lipinski definition) is 7. The summed E-state index contributed by atoms with van der Waals surface area (Å²) in [6, 6.07) is 5.46. The third-order valence-electron chi connectivity index (χ3n) is 11.0. The van der Waals surface area contributed by atoms with Crippen LogP contribution in [-0.4, -0.2) is 75.0 Å². The van der Waals surface area contributed by atoms with Crippen molar-refractivity contribution in [3.8, 4) is 0 Å². The Kier molecular flexibility index (Phi) is 4.61. The van der Waals surface area contributed by atoms with Crippen LogP contribution >= 0.6 is 0 Å². The molecule has 7 nitrogen and oxygen atoms in total. The molecular formula is C28H35F2N3O4. The number of halogens is 2. The van der Waals surface area contributed by atoms with Crippen molar-refractivity contribution in [3.63, 3.8) is 0 Å². The van der Waals surface area contributed by atoms with Gasteiger partial charge in [-0.25, -0.2) is 8.78 Å². The maximum atomic E-state index is 17.2. The molecule has 200 valence electrons. The van der Waals surface area contributed by atoms with E-state index in [4.69, 9.17) is 14.9 Å². The monoisotopic (exact) mass is 515 g/mol. The number of nitrogens with two attached hydrogens (primary N) is 1. The number of anilines is 1. The lowest BCUT2D eigenvalue weighted by Gasteiger charge is -2.65. The first kappa shape index (κ1) is 24.0. The lowest BCUT2D eigenvalue weighted by atomic mass is 9.51. The van der Waals surface area contributed by atoms with Crippen LogP contribution in [0.5, 0.6) is 0 Å². The summed E-state index contributed by atoms with van der Waals surface area (Å²) in [5.41, 5.74) is 2.07. The third kappa shape index (κ3) is 2.71. The first-order valence-corrected chi connectivity index (χ1v) is 13.4. The highest BCUT2D eigenvalue weighted by atomic mass is 19.2. The number of nitrogen functional groups attached to an aromatic ring is 1. The number of alkyl halides is 2. The molecule has 2 aliphatic heterocycles. The summed E-state index contributed by atoms with van der Waals surface area (Å²) >= 11 is 0. The number of fused-ring (bicyclic) bond motifs is 2. The predicted molar refractivity (Wildman–Crippen MR) is 134 cm³/mol. The van der Waals surface area contributed by atoms with Crippen molar-refractivity contribution in [2.24, 2.45) is 11.3 Å². The minimum Gasteiger partial charge on any atom is -0.424 e. The average Bonchev–Trinajstić information content (AvgIpc) is 3.50. The Bertz CT molecular complexity index is 1330. The van der Waals surface area contributed by atoms with Crippen LogP contribution in [0, 0.1) is 11.3 Å². The highest BCUT2D eigenvalue weighted by Gasteiger charge is 2.82. The predicted octanol–water partition coefficient (Wildman–Crippen LogP) is 3.78. The molecule has 4 fully saturated rings. The van der Waals surface area contributed by atoms with E-state index in [2.05, 4.69) is 18.0 Å². The number of benzene rings is 1. The summed E-state index contributed by atoms with van der Waals surface area (Å²) in [6.07, 6.45) is 0.991. The molecule has 2 spiro atoms. The number of likely N-dealkylation sites (N-methyl/N-ethyl adjacent to an activating group) is 1. The first-order chi connectivity index (χ1) is 17.4. The molecule has 3 aliphatic carbocycles. The second kappa shape index (κ2) is 7.11. The number of allylic oxidation sites excluding steroid dienone is 2. The molecule has 3 heterocycles. The van der Waals surface area contributed by atoms with E-state index < -0.39 is 47.2 Å². The summed E-state index contributed by atoms with van der Waals surface area (Å²) in [6.45, 7) is 2.18. The lowest BCUT2D eigenvalue weighted by Crippen LogP contribution is -2.78. The van der Waals surface area contributed by atoms with Crippen LogP contribution in [0.1, 0.15) is 57.4 Å². The summed E-state index contributed by atoms with van der Waals surface area (Å²) in [5, 5.41) is 21.9. The molecule has 2 saturated heterocycles. The number of aromatic nitrogens is 1. The minimum atomic E-state index is -2.34. The average molecular weight is 516 g/mol. The molecule has 37 heavy (non-hydrogen) atoms. The molecule has 5 aliphatic rings. The third-order valence-corrected chi connectivity index (χ3v) is 11.0. The van der Waals surface area contributed by atoms with Crippen LogP contribution < -0.4 is 5.73 Å². The largest absolute Gasteiger partial charge is 0.424 e. The van der Waals surface area contributed by atoms with E-state index >= 15 is 8.78 Å². The van der Waals surface area contributed by atoms with Crippen LogP contribution in [0.15, 0.2) is 28.7 Å². The molecule has 2 aromatic rings. The molecule has 2 saturated carbocycles. The summed E-state index contributed by atoms with van der Waals surface area (Å²) in [5.74, 6) is -0.169. The van der Waals surface area contributed by atoms with Crippen LogP contribution in [0.2, 0.25) is 0 Å². The fraction of sp³-hybridized carbons (Fsp3) is 0.679. The smallest absolute Gasteiger partial charge is 0.292 e. The van der Waals surface area contributed by atoms with Gasteiger partial charge in [-0.3, -0.25) is 0 Å². The fourth-order valence-corrected chi connectivity index (χ4v) is 9.09. The number of nitrogens with zero attached hydrogens (tertiary/aromatic N) is 2. The molecule has 0 radical (unpaired) electrons. The van der Waals surface area contributed by atoms with Gasteiger partial charge >= 0.3 is 0 Å². The van der Waals surface area contributed by atoms with Crippen molar-refractivity contribution in [3.05, 3.63) is 29.8 Å². The highest BCUT2D eigenvalue weighted by Crippen LogP contribution is 2.74. The van der Waals surface area contributed by atoms with Gasteiger partial charge in [0.2, 0.25) is 0 Å². The van der Waals surface area contributed by atoms with Crippen molar-refractivity contribution in [2.45, 2.75) is 92.7 Å². The van der Waals surface area contributed by atoms with E-state index in [0.717, 1.165) is 11.1 Å². The Morgan fingerprint density at radius 3 is 2.68 bits per heavy atom. The Morgan fingerprint density at radius 2 is 1.92 bits per heavy atom. The van der Waals surface area contributed by atoms with Gasteiger partial charge in [0.15, 0.2) is 11.3 Å². The van der Waals surface area contributed by atoms with Crippen molar-refractivity contribution in [1.29, 1.82) is 0 Å². The number of rotatable bonds is 2. The normalized spacial score (nSPS) is 48.6. The van der Waals surface area contributed by atoms with Crippen LogP contribution in [0.25, 0.3) is 16.7 Å². The summed E-state index contributed by atoms with van der Waals surface area (Å²) < 4.78 is 46.3. The molecule has 1 aromatic heterocycles. The SMILES string of the molecule is CN(C)[C@H]1C[C@@]23CC[C@]4(O2)C2CC=C(c5ccc6oc(N)nc6c5)[C@@]2(C)CCC4(F)CC3(F)[C@@H](O)[C@@H]1O.